The van der Waals surface area contributed by atoms with E-state index in [-0.39, 0.29) is 6.10 Å². The second kappa shape index (κ2) is 7.81. The van der Waals surface area contributed by atoms with Gasteiger partial charge < -0.3 is 28.8 Å². The van der Waals surface area contributed by atoms with E-state index < -0.39 is 34.6 Å². The van der Waals surface area contributed by atoms with Gasteiger partial charge in [0.1, 0.15) is 40.5 Å². The lowest BCUT2D eigenvalue weighted by Crippen LogP contribution is -2.56. The summed E-state index contributed by atoms with van der Waals surface area (Å²) in [5, 5.41) is 21.6. The lowest BCUT2D eigenvalue weighted by Gasteiger charge is -2.42. The summed E-state index contributed by atoms with van der Waals surface area (Å²) in [6.07, 6.45) is 8.34. The Hall–Kier alpha value is -2.19. The second-order valence-corrected chi connectivity index (χ2v) is 8.48. The summed E-state index contributed by atoms with van der Waals surface area (Å²) < 4.78 is 22.3. The van der Waals surface area contributed by atoms with Crippen molar-refractivity contribution in [2.45, 2.75) is 69.7 Å². The molecule has 1 aromatic rings. The smallest absolute Gasteiger partial charge is 0.339 e. The Balaban J connectivity index is 1.69. The molecule has 7 heteroatoms. The fraction of sp³-hybridized carbons (Fsp3) is 0.522. The molecule has 0 saturated carbocycles. The lowest BCUT2D eigenvalue weighted by atomic mass is 9.82. The summed E-state index contributed by atoms with van der Waals surface area (Å²) in [6.45, 7) is 8.85. The molecule has 164 valence electrons. The number of allylic oxidation sites excluding steroid dienone is 4. The van der Waals surface area contributed by atoms with Crippen molar-refractivity contribution in [3.8, 4) is 5.75 Å². The number of hydrogen-bond acceptors (Lipinski definition) is 7. The van der Waals surface area contributed by atoms with Crippen LogP contribution < -0.4 is 10.4 Å². The summed E-state index contributed by atoms with van der Waals surface area (Å²) in [7, 11) is 1.50. The predicted octanol–water partition coefficient (Wildman–Crippen LogP) is 2.53. The van der Waals surface area contributed by atoms with Crippen molar-refractivity contribution < 1.29 is 28.8 Å². The first kappa shape index (κ1) is 22.5. The molecule has 0 aromatic carbocycles. The topological polar surface area (TPSA) is 98.4 Å². The highest BCUT2D eigenvalue weighted by Gasteiger charge is 2.71. The minimum Gasteiger partial charge on any atom is -0.496 e. The van der Waals surface area contributed by atoms with E-state index in [4.69, 9.17) is 18.6 Å². The Bertz CT molecular complexity index is 941. The summed E-state index contributed by atoms with van der Waals surface area (Å²) in [4.78, 5) is 11.6. The highest BCUT2D eigenvalue weighted by molar-refractivity contribution is 5.52. The van der Waals surface area contributed by atoms with Gasteiger partial charge in [0.15, 0.2) is 0 Å². The summed E-state index contributed by atoms with van der Waals surface area (Å²) in [6, 6.07) is 1.30. The molecular formula is C23H30O7. The second-order valence-electron chi connectivity index (χ2n) is 8.48. The molecule has 0 spiro atoms. The van der Waals surface area contributed by atoms with E-state index in [1.807, 2.05) is 6.92 Å². The molecule has 3 heterocycles. The van der Waals surface area contributed by atoms with Crippen LogP contribution >= 0.6 is 0 Å². The molecule has 0 radical (unpaired) electrons. The number of aliphatic hydroxyl groups excluding tert-OH is 1. The third-order valence-electron chi connectivity index (χ3n) is 6.18. The van der Waals surface area contributed by atoms with E-state index in [9.17, 15) is 15.0 Å². The van der Waals surface area contributed by atoms with Crippen LogP contribution in [0.4, 0.5) is 0 Å². The van der Waals surface area contributed by atoms with Crippen molar-refractivity contribution >= 4 is 6.08 Å². The standard InChI is InChI=1S/C23H30O7/c1-14-16(28-18(24)13-17(14)27-6)11-9-7-8-10-12-21(3,26)20-23(5)19(25)22(4,30-20)15(2)29-23/h7-13,15,19-20,25-26H,1-6H3. The van der Waals surface area contributed by atoms with Gasteiger partial charge in [0, 0.05) is 5.56 Å². The van der Waals surface area contributed by atoms with Crippen LogP contribution in [0, 0.1) is 6.92 Å². The molecule has 2 aliphatic heterocycles. The zero-order valence-corrected chi connectivity index (χ0v) is 18.2. The van der Waals surface area contributed by atoms with Crippen LogP contribution in [0.3, 0.4) is 0 Å². The minimum atomic E-state index is -1.35. The van der Waals surface area contributed by atoms with Gasteiger partial charge in [-0.2, -0.15) is 0 Å². The Kier molecular flexibility index (Phi) is 5.86. The van der Waals surface area contributed by atoms with Gasteiger partial charge in [-0.3, -0.25) is 0 Å². The van der Waals surface area contributed by atoms with Crippen molar-refractivity contribution in [3.63, 3.8) is 0 Å². The number of aliphatic hydroxyl groups is 2. The number of ether oxygens (including phenoxy) is 3. The molecule has 0 aliphatic carbocycles. The Morgan fingerprint density at radius 1 is 1.17 bits per heavy atom. The lowest BCUT2D eigenvalue weighted by molar-refractivity contribution is -0.240. The first-order valence-electron chi connectivity index (χ1n) is 9.93. The first-order chi connectivity index (χ1) is 14.0. The number of hydrogen-bond donors (Lipinski definition) is 2. The van der Waals surface area contributed by atoms with Crippen LogP contribution in [-0.2, 0) is 9.47 Å². The van der Waals surface area contributed by atoms with Crippen LogP contribution in [0.2, 0.25) is 0 Å². The third kappa shape index (κ3) is 3.67. The van der Waals surface area contributed by atoms with Gasteiger partial charge in [0.2, 0.25) is 0 Å². The predicted molar refractivity (Wildman–Crippen MR) is 112 cm³/mol. The fourth-order valence-electron chi connectivity index (χ4n) is 4.32. The minimum absolute atomic E-state index is 0.265. The van der Waals surface area contributed by atoms with E-state index in [0.29, 0.717) is 11.5 Å². The summed E-state index contributed by atoms with van der Waals surface area (Å²) in [5.74, 6) is 0.884. The molecule has 6 atom stereocenters. The first-order valence-corrected chi connectivity index (χ1v) is 9.93. The quantitative estimate of drug-likeness (QED) is 0.685. The van der Waals surface area contributed by atoms with Crippen molar-refractivity contribution in [2.24, 2.45) is 0 Å². The van der Waals surface area contributed by atoms with Crippen molar-refractivity contribution in [2.75, 3.05) is 7.11 Å². The van der Waals surface area contributed by atoms with Crippen LogP contribution in [0.15, 0.2) is 45.7 Å². The molecule has 6 unspecified atom stereocenters. The normalized spacial score (nSPS) is 35.7. The van der Waals surface area contributed by atoms with E-state index in [0.717, 1.165) is 5.56 Å². The average molecular weight is 418 g/mol. The highest BCUT2D eigenvalue weighted by Crippen LogP contribution is 2.53. The molecular weight excluding hydrogens is 388 g/mol. The maximum atomic E-state index is 11.6. The molecule has 3 rings (SSSR count). The molecule has 2 bridgehead atoms. The Morgan fingerprint density at radius 2 is 1.83 bits per heavy atom. The number of methoxy groups -OCH3 is 1. The van der Waals surface area contributed by atoms with Gasteiger partial charge in [-0.25, -0.2) is 4.79 Å². The van der Waals surface area contributed by atoms with Crippen LogP contribution in [0.5, 0.6) is 5.75 Å². The molecule has 2 N–H and O–H groups in total. The number of rotatable bonds is 6. The van der Waals surface area contributed by atoms with Crippen LogP contribution in [-0.4, -0.2) is 52.4 Å². The van der Waals surface area contributed by atoms with Gasteiger partial charge >= 0.3 is 5.63 Å². The zero-order chi connectivity index (χ0) is 22.3. The van der Waals surface area contributed by atoms with E-state index in [1.165, 1.54) is 13.2 Å². The largest absolute Gasteiger partial charge is 0.496 e. The molecule has 1 aromatic heterocycles. The van der Waals surface area contributed by atoms with Gasteiger partial charge in [-0.1, -0.05) is 30.4 Å². The third-order valence-corrected chi connectivity index (χ3v) is 6.18. The summed E-state index contributed by atoms with van der Waals surface area (Å²) in [5.41, 5.74) is -2.95. The fourth-order valence-corrected chi connectivity index (χ4v) is 4.32. The maximum absolute atomic E-state index is 11.6. The zero-order valence-electron chi connectivity index (χ0n) is 18.2. The number of fused-ring (bicyclic) bond motifs is 2. The van der Waals surface area contributed by atoms with Crippen molar-refractivity contribution in [3.05, 3.63) is 58.2 Å². The monoisotopic (exact) mass is 418 g/mol. The molecule has 2 fully saturated rings. The molecule has 7 nitrogen and oxygen atoms in total. The maximum Gasteiger partial charge on any atom is 0.339 e. The molecule has 2 saturated heterocycles. The summed E-state index contributed by atoms with van der Waals surface area (Å²) >= 11 is 0. The van der Waals surface area contributed by atoms with Gasteiger partial charge in [-0.15, -0.1) is 0 Å². The molecule has 0 amide bonds. The average Bonchev–Trinajstić information content (AvgIpc) is 2.98. The Labute approximate surface area is 176 Å². The van der Waals surface area contributed by atoms with E-state index >= 15 is 0 Å². The van der Waals surface area contributed by atoms with E-state index in [1.54, 1.807) is 64.2 Å². The van der Waals surface area contributed by atoms with Gasteiger partial charge in [0.25, 0.3) is 0 Å². The SMILES string of the molecule is COc1cc(=O)oc(C=CC=CC=CC(C)(O)C2OC3(C)C(C)OC2(C)C3O)c1C. The van der Waals surface area contributed by atoms with E-state index in [2.05, 4.69) is 0 Å². The highest BCUT2D eigenvalue weighted by atomic mass is 16.7. The van der Waals surface area contributed by atoms with Crippen molar-refractivity contribution in [1.29, 1.82) is 0 Å². The van der Waals surface area contributed by atoms with Crippen LogP contribution in [0.1, 0.15) is 39.0 Å². The Morgan fingerprint density at radius 3 is 2.40 bits per heavy atom. The van der Waals surface area contributed by atoms with Crippen molar-refractivity contribution in [1.82, 2.24) is 0 Å². The van der Waals surface area contributed by atoms with Crippen LogP contribution in [0.25, 0.3) is 6.08 Å². The van der Waals surface area contributed by atoms with Gasteiger partial charge in [-0.05, 0) is 40.7 Å². The molecule has 2 aliphatic rings. The molecule has 30 heavy (non-hydrogen) atoms. The van der Waals surface area contributed by atoms with Gasteiger partial charge in [0.05, 0.1) is 19.3 Å².